The number of hydrogen-bond donors (Lipinski definition) is 7. The van der Waals surface area contributed by atoms with E-state index < -0.39 is 41.8 Å². The number of nitrogens with one attached hydrogen (secondary N) is 2. The fourth-order valence-electron chi connectivity index (χ4n) is 15.6. The smallest absolute Gasteiger partial charge is 0.306 e. The first-order valence-electron chi connectivity index (χ1n) is 48.9. The standard InChI is InChI=1S/C96H186N4O15/c1-8-14-20-26-32-34-36-42-54-76-112-92(107)70-56-62-86(103)82-99(80-84(101)60-46-44-52-68-94(109)114-88(64-48-38-28-22-16-10-3)65-49-39-29-23-17-11-4)74-58-72-97-90(105)78-96(7,111)79-91(106)98-73-59-75-100(83-87(104)63-57-71-93(108)113-77-55-43-37-35-33-27-21-15-9-2)81-85(102)61-47-45-53-69-95(110)115-89(66-50-40-30-24-18-12-5)67-51-41-31-25-19-13-6/h84-89,101-104,111H,8-83H2,1-7H3,(H,97,105)(H,98,106). The van der Waals surface area contributed by atoms with E-state index in [1.807, 2.05) is 9.80 Å². The molecule has 0 aromatic carbocycles. The summed E-state index contributed by atoms with van der Waals surface area (Å²) in [5, 5.41) is 62.5. The first kappa shape index (κ1) is 112. The highest BCUT2D eigenvalue weighted by Crippen LogP contribution is 2.23. The van der Waals surface area contributed by atoms with Crippen molar-refractivity contribution in [2.45, 2.75) is 514 Å². The van der Waals surface area contributed by atoms with Crippen LogP contribution in [0.3, 0.4) is 0 Å². The van der Waals surface area contributed by atoms with E-state index in [0.29, 0.717) is 103 Å². The van der Waals surface area contributed by atoms with Crippen molar-refractivity contribution in [3.63, 3.8) is 0 Å². The summed E-state index contributed by atoms with van der Waals surface area (Å²) in [5.41, 5.74) is -1.65. The Bertz CT molecular complexity index is 2020. The molecule has 0 radical (unpaired) electrons. The zero-order valence-corrected chi connectivity index (χ0v) is 75.9. The zero-order valence-electron chi connectivity index (χ0n) is 75.9. The van der Waals surface area contributed by atoms with E-state index in [0.717, 1.165) is 116 Å². The molecule has 0 spiro atoms. The Balaban J connectivity index is 5.66. The van der Waals surface area contributed by atoms with E-state index in [9.17, 15) is 54.3 Å². The fourth-order valence-corrected chi connectivity index (χ4v) is 15.6. The van der Waals surface area contributed by atoms with Crippen molar-refractivity contribution in [2.24, 2.45) is 0 Å². The van der Waals surface area contributed by atoms with Gasteiger partial charge in [0.05, 0.1) is 56.1 Å². The molecule has 0 rings (SSSR count). The molecule has 4 unspecified atom stereocenters. The number of rotatable bonds is 90. The maximum Gasteiger partial charge on any atom is 0.306 e. The molecule has 0 fully saturated rings. The predicted molar refractivity (Wildman–Crippen MR) is 474 cm³/mol. The lowest BCUT2D eigenvalue weighted by molar-refractivity contribution is -0.151. The van der Waals surface area contributed by atoms with E-state index in [-0.39, 0.29) is 101 Å². The quantitative estimate of drug-likeness (QED) is 0.0169. The normalized spacial score (nSPS) is 13.4. The van der Waals surface area contributed by atoms with Crippen molar-refractivity contribution < 1.29 is 73.2 Å². The van der Waals surface area contributed by atoms with Gasteiger partial charge in [0.1, 0.15) is 12.2 Å². The Kier molecular flexibility index (Phi) is 80.3. The summed E-state index contributed by atoms with van der Waals surface area (Å²) >= 11 is 0. The number of aliphatic hydroxyl groups excluding tert-OH is 4. The fraction of sp³-hybridized carbons (Fsp3) is 0.938. The third-order valence-corrected chi connectivity index (χ3v) is 22.7. The van der Waals surface area contributed by atoms with Gasteiger partial charge >= 0.3 is 23.9 Å². The van der Waals surface area contributed by atoms with Gasteiger partial charge in [-0.2, -0.15) is 0 Å². The molecule has 0 aliphatic carbocycles. The molecule has 0 saturated carbocycles. The largest absolute Gasteiger partial charge is 0.466 e. The summed E-state index contributed by atoms with van der Waals surface area (Å²) in [7, 11) is 0. The molecule has 7 N–H and O–H groups in total. The average molecular weight is 1640 g/mol. The average Bonchev–Trinajstić information content (AvgIpc) is 0.893. The molecule has 0 aliphatic rings. The van der Waals surface area contributed by atoms with Crippen molar-refractivity contribution >= 4 is 35.7 Å². The summed E-state index contributed by atoms with van der Waals surface area (Å²) in [6.45, 7) is 18.2. The second-order valence-corrected chi connectivity index (χ2v) is 34.9. The maximum absolute atomic E-state index is 13.4. The second kappa shape index (κ2) is 82.8. The van der Waals surface area contributed by atoms with Crippen LogP contribution < -0.4 is 10.6 Å². The van der Waals surface area contributed by atoms with Gasteiger partial charge in [0.2, 0.25) is 11.8 Å². The van der Waals surface area contributed by atoms with Crippen LogP contribution in [-0.4, -0.2) is 179 Å². The third kappa shape index (κ3) is 78.8. The SMILES string of the molecule is CCCCCCCCCCCOC(=O)CCCC(O)CN(CCCNC(=O)CC(C)(O)CC(=O)NCCCN(CC(O)CCCCCC(=O)OC(CCCCCCCC)CCCCCCCC)CC(O)CCCC(=O)OCCCCCCCCCCC)CC(O)CCCCCC(=O)OC(CCCCCCCC)CCCCCCCC. The number of carbonyl (C=O) groups excluding carboxylic acids is 6. The first-order chi connectivity index (χ1) is 55.8. The molecule has 19 heteroatoms. The highest BCUT2D eigenvalue weighted by Gasteiger charge is 2.28. The topological polar surface area (TPSA) is 271 Å². The molecule has 115 heavy (non-hydrogen) atoms. The number of ether oxygens (including phenoxy) is 4. The van der Waals surface area contributed by atoms with Crippen molar-refractivity contribution in [3.8, 4) is 0 Å². The molecule has 2 amide bonds. The van der Waals surface area contributed by atoms with Crippen molar-refractivity contribution in [3.05, 3.63) is 0 Å². The second-order valence-electron chi connectivity index (χ2n) is 34.9. The number of aliphatic hydroxyl groups is 5. The monoisotopic (exact) mass is 1640 g/mol. The Hall–Kier alpha value is -3.46. The molecule has 0 aromatic heterocycles. The van der Waals surface area contributed by atoms with Crippen LogP contribution in [0.5, 0.6) is 0 Å². The Morgan fingerprint density at radius 3 is 0.791 bits per heavy atom. The Labute approximate surface area is 705 Å². The number of nitrogens with zero attached hydrogens (tertiary/aromatic N) is 2. The van der Waals surface area contributed by atoms with E-state index in [2.05, 4.69) is 52.2 Å². The lowest BCUT2D eigenvalue weighted by Gasteiger charge is -2.28. The van der Waals surface area contributed by atoms with E-state index in [4.69, 9.17) is 18.9 Å². The van der Waals surface area contributed by atoms with E-state index >= 15 is 0 Å². The Morgan fingerprint density at radius 1 is 0.287 bits per heavy atom. The number of unbranched alkanes of at least 4 members (excludes halogenated alkanes) is 40. The molecule has 0 aliphatic heterocycles. The van der Waals surface area contributed by atoms with Gasteiger partial charge in [-0.15, -0.1) is 0 Å². The highest BCUT2D eigenvalue weighted by molar-refractivity contribution is 5.80. The van der Waals surface area contributed by atoms with Gasteiger partial charge in [-0.25, -0.2) is 0 Å². The molecular weight excluding hydrogens is 1450 g/mol. The molecule has 4 atom stereocenters. The van der Waals surface area contributed by atoms with Crippen LogP contribution in [0.4, 0.5) is 0 Å². The van der Waals surface area contributed by atoms with Crippen LogP contribution in [0.2, 0.25) is 0 Å². The molecule has 0 saturated heterocycles. The van der Waals surface area contributed by atoms with Gasteiger partial charge in [0.25, 0.3) is 0 Å². The third-order valence-electron chi connectivity index (χ3n) is 22.7. The minimum Gasteiger partial charge on any atom is -0.466 e. The van der Waals surface area contributed by atoms with Crippen molar-refractivity contribution in [1.82, 2.24) is 20.4 Å². The Morgan fingerprint density at radius 2 is 0.513 bits per heavy atom. The number of amides is 2. The summed E-state index contributed by atoms with van der Waals surface area (Å²) in [4.78, 5) is 82.3. The lowest BCUT2D eigenvalue weighted by atomic mass is 9.97. The molecule has 0 bridgehead atoms. The van der Waals surface area contributed by atoms with Gasteiger partial charge in [-0.3, -0.25) is 38.6 Å². The number of carbonyl (C=O) groups is 6. The van der Waals surface area contributed by atoms with Crippen LogP contribution in [0.15, 0.2) is 0 Å². The molecule has 680 valence electrons. The summed E-state index contributed by atoms with van der Waals surface area (Å²) in [5.74, 6) is -1.64. The van der Waals surface area contributed by atoms with Crippen LogP contribution in [0.25, 0.3) is 0 Å². The van der Waals surface area contributed by atoms with Gasteiger partial charge in [0, 0.05) is 78.0 Å². The highest BCUT2D eigenvalue weighted by atomic mass is 16.6. The summed E-state index contributed by atoms with van der Waals surface area (Å²) in [6.07, 6.45) is 59.4. The number of esters is 4. The molecule has 0 aromatic rings. The minimum atomic E-state index is -1.65. The van der Waals surface area contributed by atoms with Gasteiger partial charge in [-0.05, 0) is 135 Å². The van der Waals surface area contributed by atoms with Crippen LogP contribution in [-0.2, 0) is 47.7 Å². The maximum atomic E-state index is 13.4. The van der Waals surface area contributed by atoms with Crippen LogP contribution >= 0.6 is 0 Å². The zero-order chi connectivity index (χ0) is 84.6. The van der Waals surface area contributed by atoms with Crippen molar-refractivity contribution in [2.75, 3.05) is 65.6 Å². The van der Waals surface area contributed by atoms with Crippen LogP contribution in [0.1, 0.15) is 472 Å². The van der Waals surface area contributed by atoms with E-state index in [1.165, 1.54) is 212 Å². The van der Waals surface area contributed by atoms with Gasteiger partial charge < -0.3 is 55.1 Å². The summed E-state index contributed by atoms with van der Waals surface area (Å²) in [6, 6.07) is 0. The number of hydrogen-bond acceptors (Lipinski definition) is 17. The summed E-state index contributed by atoms with van der Waals surface area (Å²) < 4.78 is 23.2. The van der Waals surface area contributed by atoms with Gasteiger partial charge in [0.15, 0.2) is 0 Å². The van der Waals surface area contributed by atoms with Crippen molar-refractivity contribution in [1.29, 1.82) is 0 Å². The predicted octanol–water partition coefficient (Wildman–Crippen LogP) is 21.8. The molecular formula is C96H186N4O15. The molecule has 19 nitrogen and oxygen atoms in total. The first-order valence-corrected chi connectivity index (χ1v) is 48.9. The van der Waals surface area contributed by atoms with E-state index in [1.54, 1.807) is 0 Å². The lowest BCUT2D eigenvalue weighted by Crippen LogP contribution is -2.42. The molecule has 0 heterocycles. The minimum absolute atomic E-state index is 0.0257. The van der Waals surface area contributed by atoms with Gasteiger partial charge in [-0.1, -0.05) is 298 Å². The van der Waals surface area contributed by atoms with Crippen LogP contribution in [0, 0.1) is 0 Å².